The highest BCUT2D eigenvalue weighted by Crippen LogP contribution is 2.28. The zero-order valence-corrected chi connectivity index (χ0v) is 15.1. The molecule has 0 aliphatic rings. The molecule has 3 rings (SSSR count). The van der Waals surface area contributed by atoms with Crippen molar-refractivity contribution >= 4 is 28.8 Å². The molecule has 0 radical (unpaired) electrons. The predicted molar refractivity (Wildman–Crippen MR) is 100 cm³/mol. The Bertz CT molecular complexity index is 911. The molecule has 3 heterocycles. The number of aromatic nitrogens is 4. The predicted octanol–water partition coefficient (Wildman–Crippen LogP) is 3.04. The number of aryl methyl sites for hydroxylation is 2. The third kappa shape index (κ3) is 4.28. The molecule has 0 aliphatic carbocycles. The van der Waals surface area contributed by atoms with Gasteiger partial charge in [0, 0.05) is 25.4 Å². The molecule has 0 aromatic carbocycles. The van der Waals surface area contributed by atoms with Gasteiger partial charge in [0.25, 0.3) is 5.69 Å². The highest BCUT2D eigenvalue weighted by Gasteiger charge is 2.10. The van der Waals surface area contributed by atoms with Gasteiger partial charge in [0.1, 0.15) is 12.0 Å². The molecule has 10 heteroatoms. The molecule has 0 atom stereocenters. The van der Waals surface area contributed by atoms with E-state index in [9.17, 15) is 10.1 Å². The standard InChI is InChI=1S/C16H17N7O2S/c1-10-15(26-11(2)21-10)13-5-6-18-16(22-13)19-8-7-17-14-4-3-12(9-20-14)23(24)25/h3-6,9H,7-8H2,1-2H3,(H,17,20)(H,18,19,22). The molecule has 0 bridgehead atoms. The van der Waals surface area contributed by atoms with Crippen LogP contribution in [-0.2, 0) is 0 Å². The van der Waals surface area contributed by atoms with Crippen LogP contribution >= 0.6 is 11.3 Å². The average molecular weight is 371 g/mol. The van der Waals surface area contributed by atoms with E-state index in [-0.39, 0.29) is 5.69 Å². The van der Waals surface area contributed by atoms with Gasteiger partial charge in [-0.25, -0.2) is 19.9 Å². The molecule has 0 saturated carbocycles. The van der Waals surface area contributed by atoms with Gasteiger partial charge in [-0.05, 0) is 26.0 Å². The number of nitro groups is 1. The first-order chi connectivity index (χ1) is 12.5. The van der Waals surface area contributed by atoms with Gasteiger partial charge >= 0.3 is 0 Å². The molecule has 2 N–H and O–H groups in total. The number of pyridine rings is 1. The normalized spacial score (nSPS) is 10.5. The summed E-state index contributed by atoms with van der Waals surface area (Å²) in [5.41, 5.74) is 1.77. The lowest BCUT2D eigenvalue weighted by Gasteiger charge is -2.08. The summed E-state index contributed by atoms with van der Waals surface area (Å²) in [4.78, 5) is 28.3. The van der Waals surface area contributed by atoms with E-state index < -0.39 is 4.92 Å². The molecule has 3 aromatic rings. The Morgan fingerprint density at radius 2 is 1.92 bits per heavy atom. The van der Waals surface area contributed by atoms with Gasteiger partial charge in [0.15, 0.2) is 0 Å². The number of rotatable bonds is 7. The van der Waals surface area contributed by atoms with Crippen LogP contribution in [0.15, 0.2) is 30.6 Å². The van der Waals surface area contributed by atoms with Crippen LogP contribution < -0.4 is 10.6 Å². The van der Waals surface area contributed by atoms with Crippen molar-refractivity contribution in [3.63, 3.8) is 0 Å². The Kier molecular flexibility index (Phi) is 5.32. The molecule has 134 valence electrons. The molecule has 0 fully saturated rings. The van der Waals surface area contributed by atoms with E-state index in [1.54, 1.807) is 23.6 Å². The third-order valence-corrected chi connectivity index (χ3v) is 4.56. The molecule has 0 spiro atoms. The van der Waals surface area contributed by atoms with Crippen LogP contribution in [0, 0.1) is 24.0 Å². The number of hydrogen-bond donors (Lipinski definition) is 2. The summed E-state index contributed by atoms with van der Waals surface area (Å²) in [5, 5.41) is 17.8. The summed E-state index contributed by atoms with van der Waals surface area (Å²) in [6.07, 6.45) is 2.94. The molecular weight excluding hydrogens is 354 g/mol. The van der Waals surface area contributed by atoms with E-state index in [4.69, 9.17) is 0 Å². The van der Waals surface area contributed by atoms with Crippen LogP contribution in [0.25, 0.3) is 10.6 Å². The summed E-state index contributed by atoms with van der Waals surface area (Å²) >= 11 is 1.61. The number of nitrogens with one attached hydrogen (secondary N) is 2. The molecule has 0 amide bonds. The molecular formula is C16H17N7O2S. The van der Waals surface area contributed by atoms with Crippen LogP contribution in [-0.4, -0.2) is 37.9 Å². The van der Waals surface area contributed by atoms with Gasteiger partial charge in [-0.3, -0.25) is 10.1 Å². The van der Waals surface area contributed by atoms with Gasteiger partial charge in [-0.15, -0.1) is 11.3 Å². The second kappa shape index (κ2) is 7.83. The largest absolute Gasteiger partial charge is 0.368 e. The van der Waals surface area contributed by atoms with Gasteiger partial charge < -0.3 is 10.6 Å². The lowest BCUT2D eigenvalue weighted by molar-refractivity contribution is -0.385. The maximum absolute atomic E-state index is 10.6. The minimum atomic E-state index is -0.477. The van der Waals surface area contributed by atoms with Crippen LogP contribution in [0.4, 0.5) is 17.5 Å². The fourth-order valence-corrected chi connectivity index (χ4v) is 3.19. The van der Waals surface area contributed by atoms with E-state index in [0.717, 1.165) is 21.3 Å². The second-order valence-electron chi connectivity index (χ2n) is 5.43. The molecule has 0 saturated heterocycles. The Balaban J connectivity index is 1.54. The summed E-state index contributed by atoms with van der Waals surface area (Å²) in [6.45, 7) is 5.08. The Labute approximate surface area is 153 Å². The molecule has 9 nitrogen and oxygen atoms in total. The van der Waals surface area contributed by atoms with Gasteiger partial charge in [-0.1, -0.05) is 0 Å². The highest BCUT2D eigenvalue weighted by molar-refractivity contribution is 7.15. The summed E-state index contributed by atoms with van der Waals surface area (Å²) < 4.78 is 0. The maximum Gasteiger partial charge on any atom is 0.287 e. The van der Waals surface area contributed by atoms with Crippen molar-refractivity contribution in [1.29, 1.82) is 0 Å². The summed E-state index contributed by atoms with van der Waals surface area (Å²) in [7, 11) is 0. The zero-order chi connectivity index (χ0) is 18.5. The monoisotopic (exact) mass is 371 g/mol. The highest BCUT2D eigenvalue weighted by atomic mass is 32.1. The van der Waals surface area contributed by atoms with Gasteiger partial charge in [0.2, 0.25) is 5.95 Å². The quantitative estimate of drug-likeness (QED) is 0.369. The van der Waals surface area contributed by atoms with Gasteiger partial charge in [-0.2, -0.15) is 0 Å². The SMILES string of the molecule is Cc1nc(C)c(-c2ccnc(NCCNc3ccc([N+](=O)[O-])cn3)n2)s1. The van der Waals surface area contributed by atoms with E-state index in [1.165, 1.54) is 12.3 Å². The van der Waals surface area contributed by atoms with Crippen LogP contribution in [0.3, 0.4) is 0 Å². The number of hydrogen-bond acceptors (Lipinski definition) is 9. The number of thiazole rings is 1. The topological polar surface area (TPSA) is 119 Å². The third-order valence-electron chi connectivity index (χ3n) is 3.46. The molecule has 0 unspecified atom stereocenters. The van der Waals surface area contributed by atoms with Crippen molar-refractivity contribution in [1.82, 2.24) is 19.9 Å². The van der Waals surface area contributed by atoms with Crippen molar-refractivity contribution in [3.8, 4) is 10.6 Å². The maximum atomic E-state index is 10.6. The minimum Gasteiger partial charge on any atom is -0.368 e. The first-order valence-electron chi connectivity index (χ1n) is 7.88. The fourth-order valence-electron chi connectivity index (χ4n) is 2.30. The van der Waals surface area contributed by atoms with Crippen LogP contribution in [0.5, 0.6) is 0 Å². The van der Waals surface area contributed by atoms with Crippen molar-refractivity contribution < 1.29 is 4.92 Å². The van der Waals surface area contributed by atoms with Crippen molar-refractivity contribution in [2.24, 2.45) is 0 Å². The van der Waals surface area contributed by atoms with E-state index in [1.807, 2.05) is 19.9 Å². The molecule has 0 aliphatic heterocycles. The van der Waals surface area contributed by atoms with Crippen molar-refractivity contribution in [3.05, 3.63) is 51.4 Å². The van der Waals surface area contributed by atoms with Crippen LogP contribution in [0.2, 0.25) is 0 Å². The average Bonchev–Trinajstić information content (AvgIpc) is 2.98. The van der Waals surface area contributed by atoms with E-state index in [2.05, 4.69) is 30.6 Å². The zero-order valence-electron chi connectivity index (χ0n) is 14.3. The van der Waals surface area contributed by atoms with Gasteiger partial charge in [0.05, 0.1) is 26.2 Å². The van der Waals surface area contributed by atoms with E-state index >= 15 is 0 Å². The van der Waals surface area contributed by atoms with Crippen molar-refractivity contribution in [2.75, 3.05) is 23.7 Å². The number of nitrogens with zero attached hydrogens (tertiary/aromatic N) is 5. The lowest BCUT2D eigenvalue weighted by atomic mass is 10.3. The first-order valence-corrected chi connectivity index (χ1v) is 8.70. The Hall–Kier alpha value is -3.14. The smallest absolute Gasteiger partial charge is 0.287 e. The van der Waals surface area contributed by atoms with Crippen LogP contribution in [0.1, 0.15) is 10.7 Å². The minimum absolute atomic E-state index is 0.0347. The fraction of sp³-hybridized carbons (Fsp3) is 0.250. The summed E-state index contributed by atoms with van der Waals surface area (Å²) in [5.74, 6) is 1.11. The second-order valence-corrected chi connectivity index (χ2v) is 6.63. The van der Waals surface area contributed by atoms with E-state index in [0.29, 0.717) is 24.9 Å². The van der Waals surface area contributed by atoms with Crippen molar-refractivity contribution in [2.45, 2.75) is 13.8 Å². The summed E-state index contributed by atoms with van der Waals surface area (Å²) in [6, 6.07) is 4.85. The first kappa shape index (κ1) is 17.7. The number of anilines is 2. The molecule has 3 aromatic heterocycles. The molecule has 26 heavy (non-hydrogen) atoms. The Morgan fingerprint density at radius 3 is 2.58 bits per heavy atom. The Morgan fingerprint density at radius 1 is 1.12 bits per heavy atom. The lowest BCUT2D eigenvalue weighted by Crippen LogP contribution is -2.15.